The van der Waals surface area contributed by atoms with Crippen LogP contribution in [0.1, 0.15) is 19.3 Å². The number of nitrogens with one attached hydrogen (secondary N) is 1. The van der Waals surface area contributed by atoms with E-state index in [1.165, 1.54) is 11.1 Å². The van der Waals surface area contributed by atoms with E-state index in [-0.39, 0.29) is 12.1 Å². The molecule has 6 heteroatoms. The third-order valence-electron chi connectivity index (χ3n) is 3.30. The Kier molecular flexibility index (Phi) is 4.94. The maximum Gasteiger partial charge on any atom is 0.284 e. The Labute approximate surface area is 125 Å². The van der Waals surface area contributed by atoms with E-state index in [9.17, 15) is 4.79 Å². The fourth-order valence-corrected chi connectivity index (χ4v) is 3.49. The molecule has 19 heavy (non-hydrogen) atoms. The zero-order valence-corrected chi connectivity index (χ0v) is 13.1. The van der Waals surface area contributed by atoms with Crippen LogP contribution in [0.4, 0.5) is 5.69 Å². The summed E-state index contributed by atoms with van der Waals surface area (Å²) in [6.45, 7) is 0.190. The van der Waals surface area contributed by atoms with Gasteiger partial charge in [0, 0.05) is 11.3 Å². The smallest absolute Gasteiger partial charge is 0.284 e. The van der Waals surface area contributed by atoms with Gasteiger partial charge in [-0.3, -0.25) is 4.79 Å². The van der Waals surface area contributed by atoms with Crippen molar-refractivity contribution in [2.24, 2.45) is 0 Å². The number of halogens is 1. The van der Waals surface area contributed by atoms with Crippen LogP contribution in [0, 0.1) is 12.3 Å². The molecular formula is C13H16BrN3OS. The first-order chi connectivity index (χ1) is 9.15. The lowest BCUT2D eigenvalue weighted by Crippen LogP contribution is -2.26. The van der Waals surface area contributed by atoms with Crippen molar-refractivity contribution in [1.29, 1.82) is 0 Å². The molecule has 0 amide bonds. The molecule has 0 radical (unpaired) electrons. The van der Waals surface area contributed by atoms with Gasteiger partial charge in [-0.25, -0.2) is 4.68 Å². The van der Waals surface area contributed by atoms with E-state index in [2.05, 4.69) is 38.5 Å². The van der Waals surface area contributed by atoms with Gasteiger partial charge in [-0.1, -0.05) is 5.92 Å². The van der Waals surface area contributed by atoms with Crippen molar-refractivity contribution >= 4 is 33.4 Å². The SMILES string of the molecule is C#CCn1ncc(NC2CCC(SC)C2)c(Br)c1=O. The third-order valence-corrected chi connectivity index (χ3v) is 5.16. The van der Waals surface area contributed by atoms with Gasteiger partial charge < -0.3 is 5.32 Å². The molecule has 1 aliphatic carbocycles. The molecule has 1 aliphatic rings. The van der Waals surface area contributed by atoms with Crippen LogP contribution >= 0.6 is 27.7 Å². The molecular weight excluding hydrogens is 326 g/mol. The van der Waals surface area contributed by atoms with Crippen LogP contribution in [0.3, 0.4) is 0 Å². The maximum absolute atomic E-state index is 12.0. The molecule has 0 aliphatic heterocycles. The summed E-state index contributed by atoms with van der Waals surface area (Å²) in [5, 5.41) is 8.18. The average molecular weight is 342 g/mol. The van der Waals surface area contributed by atoms with Gasteiger partial charge >= 0.3 is 0 Å². The average Bonchev–Trinajstić information content (AvgIpc) is 2.86. The lowest BCUT2D eigenvalue weighted by atomic mass is 10.2. The van der Waals surface area contributed by atoms with E-state index >= 15 is 0 Å². The zero-order chi connectivity index (χ0) is 13.8. The molecule has 2 rings (SSSR count). The highest BCUT2D eigenvalue weighted by atomic mass is 79.9. The standard InChI is InChI=1S/C13H16BrN3OS/c1-3-6-17-13(18)12(14)11(8-15-17)16-9-4-5-10(7-9)19-2/h1,8-10,16H,4-7H2,2H3. The van der Waals surface area contributed by atoms with Crippen molar-refractivity contribution in [2.75, 3.05) is 11.6 Å². The summed E-state index contributed by atoms with van der Waals surface area (Å²) in [5.74, 6) is 2.41. The van der Waals surface area contributed by atoms with Crippen LogP contribution in [-0.4, -0.2) is 27.3 Å². The molecule has 2 unspecified atom stereocenters. The summed E-state index contributed by atoms with van der Waals surface area (Å²) in [5.41, 5.74) is 0.562. The van der Waals surface area contributed by atoms with Gasteiger partial charge in [-0.05, 0) is 41.4 Å². The van der Waals surface area contributed by atoms with Gasteiger partial charge in [0.25, 0.3) is 5.56 Å². The molecule has 1 saturated carbocycles. The highest BCUT2D eigenvalue weighted by Crippen LogP contribution is 2.31. The molecule has 1 aromatic rings. The first-order valence-electron chi connectivity index (χ1n) is 6.14. The number of rotatable bonds is 4. The van der Waals surface area contributed by atoms with Crippen molar-refractivity contribution < 1.29 is 0 Å². The first-order valence-corrected chi connectivity index (χ1v) is 8.22. The Bertz CT molecular complexity index is 552. The molecule has 0 spiro atoms. The summed E-state index contributed by atoms with van der Waals surface area (Å²) >= 11 is 5.24. The largest absolute Gasteiger partial charge is 0.380 e. The number of anilines is 1. The van der Waals surface area contributed by atoms with Gasteiger partial charge in [0.15, 0.2) is 0 Å². The summed E-state index contributed by atoms with van der Waals surface area (Å²) in [7, 11) is 0. The van der Waals surface area contributed by atoms with E-state index in [0.29, 0.717) is 15.8 Å². The monoisotopic (exact) mass is 341 g/mol. The fourth-order valence-electron chi connectivity index (χ4n) is 2.27. The number of aromatic nitrogens is 2. The zero-order valence-electron chi connectivity index (χ0n) is 10.7. The lowest BCUT2D eigenvalue weighted by molar-refractivity contribution is 0.656. The molecule has 0 aromatic carbocycles. The van der Waals surface area contributed by atoms with Crippen LogP contribution in [0.25, 0.3) is 0 Å². The second-order valence-corrected chi connectivity index (χ2v) is 6.48. The third kappa shape index (κ3) is 3.34. The lowest BCUT2D eigenvalue weighted by Gasteiger charge is -2.15. The minimum atomic E-state index is -0.192. The molecule has 1 heterocycles. The molecule has 4 nitrogen and oxygen atoms in total. The minimum Gasteiger partial charge on any atom is -0.380 e. The van der Waals surface area contributed by atoms with Crippen molar-refractivity contribution in [2.45, 2.75) is 37.1 Å². The van der Waals surface area contributed by atoms with Crippen LogP contribution in [0.5, 0.6) is 0 Å². The Morgan fingerprint density at radius 1 is 1.68 bits per heavy atom. The highest BCUT2D eigenvalue weighted by Gasteiger charge is 2.24. The summed E-state index contributed by atoms with van der Waals surface area (Å²) < 4.78 is 1.78. The Morgan fingerprint density at radius 2 is 2.47 bits per heavy atom. The van der Waals surface area contributed by atoms with Crippen molar-refractivity contribution in [3.05, 3.63) is 21.0 Å². The highest BCUT2D eigenvalue weighted by molar-refractivity contribution is 9.10. The Balaban J connectivity index is 2.12. The molecule has 1 N–H and O–H groups in total. The van der Waals surface area contributed by atoms with E-state index in [1.54, 1.807) is 6.20 Å². The quantitative estimate of drug-likeness (QED) is 0.854. The predicted molar refractivity (Wildman–Crippen MR) is 83.6 cm³/mol. The number of thioether (sulfide) groups is 1. The van der Waals surface area contributed by atoms with Crippen molar-refractivity contribution in [1.82, 2.24) is 9.78 Å². The summed E-state index contributed by atoms with van der Waals surface area (Å²) in [4.78, 5) is 12.0. The number of nitrogens with zero attached hydrogens (tertiary/aromatic N) is 2. The summed E-state index contributed by atoms with van der Waals surface area (Å²) in [6, 6.07) is 0.415. The van der Waals surface area contributed by atoms with Gasteiger partial charge in [0.05, 0.1) is 11.9 Å². The van der Waals surface area contributed by atoms with E-state index in [4.69, 9.17) is 6.42 Å². The summed E-state index contributed by atoms with van der Waals surface area (Å²) in [6.07, 6.45) is 12.5. The maximum atomic E-state index is 12.0. The van der Waals surface area contributed by atoms with Crippen LogP contribution in [0.15, 0.2) is 15.5 Å². The van der Waals surface area contributed by atoms with Gasteiger partial charge in [0.2, 0.25) is 0 Å². The minimum absolute atomic E-state index is 0.190. The Morgan fingerprint density at radius 3 is 3.11 bits per heavy atom. The van der Waals surface area contributed by atoms with E-state index in [0.717, 1.165) is 18.5 Å². The normalized spacial score (nSPS) is 22.2. The van der Waals surface area contributed by atoms with Crippen LogP contribution in [-0.2, 0) is 6.54 Å². The second kappa shape index (κ2) is 6.49. The van der Waals surface area contributed by atoms with Crippen LogP contribution < -0.4 is 10.9 Å². The fraction of sp³-hybridized carbons (Fsp3) is 0.538. The van der Waals surface area contributed by atoms with E-state index in [1.807, 2.05) is 11.8 Å². The number of terminal acetylenes is 1. The van der Waals surface area contributed by atoms with Crippen molar-refractivity contribution in [3.63, 3.8) is 0 Å². The van der Waals surface area contributed by atoms with Crippen LogP contribution in [0.2, 0.25) is 0 Å². The number of hydrogen-bond donors (Lipinski definition) is 1. The predicted octanol–water partition coefficient (Wildman–Crippen LogP) is 2.33. The van der Waals surface area contributed by atoms with Crippen molar-refractivity contribution in [3.8, 4) is 12.3 Å². The molecule has 1 fully saturated rings. The first kappa shape index (κ1) is 14.5. The second-order valence-electron chi connectivity index (χ2n) is 4.55. The number of hydrogen-bond acceptors (Lipinski definition) is 4. The van der Waals surface area contributed by atoms with Gasteiger partial charge in [0.1, 0.15) is 11.0 Å². The topological polar surface area (TPSA) is 46.9 Å². The molecule has 0 bridgehead atoms. The molecule has 0 saturated heterocycles. The van der Waals surface area contributed by atoms with Gasteiger partial charge in [-0.2, -0.15) is 16.9 Å². The van der Waals surface area contributed by atoms with E-state index < -0.39 is 0 Å². The molecule has 2 atom stereocenters. The molecule has 102 valence electrons. The van der Waals surface area contributed by atoms with Gasteiger partial charge in [-0.15, -0.1) is 6.42 Å². The molecule has 1 aromatic heterocycles. The Hall–Kier alpha value is -0.930.